The van der Waals surface area contributed by atoms with Crippen molar-refractivity contribution in [2.24, 2.45) is 5.73 Å². The van der Waals surface area contributed by atoms with Gasteiger partial charge in [0.15, 0.2) is 5.84 Å². The number of nitrogen functional groups attached to an aromatic ring is 1. The number of methoxy groups -OCH3 is 1. The number of hydrogen-bond donors (Lipinski definition) is 2. The topological polar surface area (TPSA) is 89.3 Å². The Bertz CT molecular complexity index is 356. The van der Waals surface area contributed by atoms with Crippen molar-refractivity contribution < 1.29 is 9.15 Å². The van der Waals surface area contributed by atoms with Gasteiger partial charge < -0.3 is 14.9 Å². The second-order valence-electron chi connectivity index (χ2n) is 2.06. The summed E-state index contributed by atoms with van der Waals surface area (Å²) in [5.41, 5.74) is 4.78. The van der Waals surface area contributed by atoms with Gasteiger partial charge in [0.2, 0.25) is 16.9 Å². The molecular weight excluding hydrogens is 160 g/mol. The fourth-order valence-corrected chi connectivity index (χ4v) is 0.784. The van der Waals surface area contributed by atoms with Crippen LogP contribution in [0.15, 0.2) is 21.5 Å². The van der Waals surface area contributed by atoms with E-state index in [4.69, 9.17) is 20.3 Å². The molecule has 0 atom stereocenters. The van der Waals surface area contributed by atoms with E-state index < -0.39 is 0 Å². The van der Waals surface area contributed by atoms with Gasteiger partial charge in [-0.1, -0.05) is 0 Å². The van der Waals surface area contributed by atoms with Gasteiger partial charge in [0.25, 0.3) is 0 Å². The zero-order valence-electron chi connectivity index (χ0n) is 6.46. The molecule has 1 aromatic heterocycles. The highest BCUT2D eigenvalue weighted by Crippen LogP contribution is 2.10. The molecule has 0 aromatic carbocycles. The number of rotatable bonds is 2. The van der Waals surface area contributed by atoms with E-state index in [-0.39, 0.29) is 22.8 Å². The second-order valence-corrected chi connectivity index (χ2v) is 2.06. The molecule has 0 aliphatic heterocycles. The number of nitrogens with two attached hydrogens (primary N) is 1. The summed E-state index contributed by atoms with van der Waals surface area (Å²) in [6.45, 7) is 0. The highest BCUT2D eigenvalue weighted by molar-refractivity contribution is 5.94. The third-order valence-corrected chi connectivity index (χ3v) is 1.28. The number of nitrogens with one attached hydrogen (secondary N) is 1. The van der Waals surface area contributed by atoms with Crippen molar-refractivity contribution in [2.75, 3.05) is 7.11 Å². The van der Waals surface area contributed by atoms with Crippen LogP contribution in [0.3, 0.4) is 0 Å². The van der Waals surface area contributed by atoms with Crippen molar-refractivity contribution in [3.8, 4) is 5.75 Å². The first-order valence-electron chi connectivity index (χ1n) is 3.17. The predicted molar refractivity (Wildman–Crippen MR) is 42.5 cm³/mol. The average Bonchev–Trinajstić information content (AvgIpc) is 2.03. The van der Waals surface area contributed by atoms with Crippen LogP contribution in [0, 0.1) is 5.41 Å². The van der Waals surface area contributed by atoms with E-state index in [0.717, 1.165) is 0 Å². The van der Waals surface area contributed by atoms with Crippen molar-refractivity contribution >= 4 is 5.84 Å². The van der Waals surface area contributed by atoms with Gasteiger partial charge in [0.05, 0.1) is 13.4 Å². The van der Waals surface area contributed by atoms with Gasteiger partial charge in [-0.3, -0.25) is 10.2 Å². The number of ether oxygens (including phenoxy) is 1. The van der Waals surface area contributed by atoms with E-state index in [0.29, 0.717) is 0 Å². The summed E-state index contributed by atoms with van der Waals surface area (Å²) in [5.74, 6) is -0.403. The zero-order chi connectivity index (χ0) is 9.14. The van der Waals surface area contributed by atoms with E-state index in [1.54, 1.807) is 0 Å². The lowest BCUT2D eigenvalue weighted by Crippen LogP contribution is -2.16. The summed E-state index contributed by atoms with van der Waals surface area (Å²) in [6.07, 6.45) is 1.17. The molecule has 0 aliphatic rings. The Morgan fingerprint density at radius 2 is 2.42 bits per heavy atom. The summed E-state index contributed by atoms with van der Waals surface area (Å²) >= 11 is 0. The van der Waals surface area contributed by atoms with Crippen molar-refractivity contribution in [1.82, 2.24) is 0 Å². The van der Waals surface area contributed by atoms with Gasteiger partial charge in [-0.15, -0.1) is 0 Å². The molecule has 12 heavy (non-hydrogen) atoms. The molecule has 3 N–H and O–H groups in total. The minimum atomic E-state index is -0.353. The minimum Gasteiger partial charge on any atom is -0.489 e. The van der Waals surface area contributed by atoms with Gasteiger partial charge in [-0.05, 0) is 0 Å². The smallest absolute Gasteiger partial charge is 0.227 e. The van der Waals surface area contributed by atoms with E-state index in [1.807, 2.05) is 0 Å². The fraction of sp³-hybridized carbons (Fsp3) is 0.143. The Morgan fingerprint density at radius 1 is 1.75 bits per heavy atom. The summed E-state index contributed by atoms with van der Waals surface area (Å²) in [6, 6.07) is 1.20. The lowest BCUT2D eigenvalue weighted by Gasteiger charge is -2.02. The van der Waals surface area contributed by atoms with E-state index in [2.05, 4.69) is 0 Å². The van der Waals surface area contributed by atoms with Crippen LogP contribution in [0.25, 0.3) is 0 Å². The first-order valence-corrected chi connectivity index (χ1v) is 3.17. The molecule has 0 saturated heterocycles. The van der Waals surface area contributed by atoms with E-state index in [1.165, 1.54) is 19.4 Å². The molecule has 5 heteroatoms. The van der Waals surface area contributed by atoms with Gasteiger partial charge in [-0.25, -0.2) is 0 Å². The second kappa shape index (κ2) is 3.08. The Labute approximate surface area is 68.3 Å². The molecule has 64 valence electrons. The highest BCUT2D eigenvalue weighted by atomic mass is 16.5. The summed E-state index contributed by atoms with van der Waals surface area (Å²) in [7, 11) is 1.32. The highest BCUT2D eigenvalue weighted by Gasteiger charge is 2.11. The Hall–Kier alpha value is -1.78. The van der Waals surface area contributed by atoms with Gasteiger partial charge in [0.1, 0.15) is 0 Å². The largest absolute Gasteiger partial charge is 0.489 e. The van der Waals surface area contributed by atoms with E-state index in [9.17, 15) is 4.79 Å². The number of hydrogen-bond acceptors (Lipinski definition) is 4. The predicted octanol–water partition coefficient (Wildman–Crippen LogP) is -0.0675. The van der Waals surface area contributed by atoms with Crippen LogP contribution in [-0.4, -0.2) is 12.9 Å². The van der Waals surface area contributed by atoms with Crippen LogP contribution in [0.5, 0.6) is 5.75 Å². The number of amidine groups is 1. The lowest BCUT2D eigenvalue weighted by atomic mass is 10.3. The van der Waals surface area contributed by atoms with Crippen molar-refractivity contribution in [3.63, 3.8) is 0 Å². The Balaban J connectivity index is 3.38. The maximum Gasteiger partial charge on any atom is 0.227 e. The van der Waals surface area contributed by atoms with Crippen molar-refractivity contribution in [2.45, 2.75) is 0 Å². The zero-order valence-corrected chi connectivity index (χ0v) is 6.46. The minimum absolute atomic E-state index is 0.0370. The molecule has 0 bridgehead atoms. The summed E-state index contributed by atoms with van der Waals surface area (Å²) in [5, 5.41) is 7.04. The monoisotopic (exact) mass is 168 g/mol. The van der Waals surface area contributed by atoms with Gasteiger partial charge >= 0.3 is 0 Å². The van der Waals surface area contributed by atoms with Gasteiger partial charge in [0, 0.05) is 6.07 Å². The Morgan fingerprint density at radius 3 is 2.83 bits per heavy atom. The molecule has 0 radical (unpaired) electrons. The quantitative estimate of drug-likeness (QED) is 0.478. The molecule has 1 aromatic rings. The molecule has 0 saturated carbocycles. The van der Waals surface area contributed by atoms with Crippen LogP contribution in [0.2, 0.25) is 0 Å². The van der Waals surface area contributed by atoms with Crippen LogP contribution in [0.1, 0.15) is 5.76 Å². The standard InChI is InChI=1S/C7H8N2O3/c1-11-5-4(10)2-3-12-6(5)7(8)9/h2-3H,1H3,(H3,8,9). The van der Waals surface area contributed by atoms with Crippen LogP contribution in [0.4, 0.5) is 0 Å². The third-order valence-electron chi connectivity index (χ3n) is 1.28. The van der Waals surface area contributed by atoms with Crippen LogP contribution < -0.4 is 15.9 Å². The maximum atomic E-state index is 11.0. The first kappa shape index (κ1) is 8.32. The molecule has 0 amide bonds. The van der Waals surface area contributed by atoms with Crippen LogP contribution in [-0.2, 0) is 0 Å². The SMILES string of the molecule is COc1c(C(=N)N)occc1=O. The fourth-order valence-electron chi connectivity index (χ4n) is 0.784. The summed E-state index contributed by atoms with van der Waals surface area (Å²) < 4.78 is 9.53. The molecule has 1 heterocycles. The first-order chi connectivity index (χ1) is 5.66. The molecular formula is C7H8N2O3. The molecule has 0 unspecified atom stereocenters. The molecule has 5 nitrogen and oxygen atoms in total. The molecule has 0 fully saturated rings. The van der Waals surface area contributed by atoms with Crippen molar-refractivity contribution in [3.05, 3.63) is 28.3 Å². The van der Waals surface area contributed by atoms with E-state index >= 15 is 0 Å². The van der Waals surface area contributed by atoms with Gasteiger partial charge in [-0.2, -0.15) is 0 Å². The summed E-state index contributed by atoms with van der Waals surface area (Å²) in [4.78, 5) is 11.0. The lowest BCUT2D eigenvalue weighted by molar-refractivity contribution is 0.383. The van der Waals surface area contributed by atoms with Crippen molar-refractivity contribution in [1.29, 1.82) is 5.41 Å². The third kappa shape index (κ3) is 1.29. The maximum absolute atomic E-state index is 11.0. The Kier molecular flexibility index (Phi) is 2.14. The molecule has 0 aliphatic carbocycles. The molecule has 0 spiro atoms. The van der Waals surface area contributed by atoms with Crippen LogP contribution >= 0.6 is 0 Å². The molecule has 1 rings (SSSR count). The average molecular weight is 168 g/mol. The normalized spacial score (nSPS) is 9.42.